The molecule has 0 bridgehead atoms. The molecule has 0 radical (unpaired) electrons. The fraction of sp³-hybridized carbons (Fsp3) is 0.667. The summed E-state index contributed by atoms with van der Waals surface area (Å²) in [6.07, 6.45) is 3.91. The smallest absolute Gasteiger partial charge is 0.191 e. The summed E-state index contributed by atoms with van der Waals surface area (Å²) in [5, 5.41) is 11.0. The third-order valence-electron chi connectivity index (χ3n) is 3.95. The van der Waals surface area contributed by atoms with Crippen molar-refractivity contribution in [1.29, 1.82) is 0 Å². The van der Waals surface area contributed by atoms with E-state index in [9.17, 15) is 0 Å². The molecule has 120 valence electrons. The molecular formula is C15H27IN4S. The van der Waals surface area contributed by atoms with Gasteiger partial charge in [-0.25, -0.2) is 0 Å². The fourth-order valence-electron chi connectivity index (χ4n) is 2.55. The lowest BCUT2D eigenvalue weighted by molar-refractivity contribution is 0.213. The van der Waals surface area contributed by atoms with Crippen LogP contribution < -0.4 is 10.6 Å². The maximum atomic E-state index is 4.27. The largest absolute Gasteiger partial charge is 0.356 e. The van der Waals surface area contributed by atoms with Gasteiger partial charge in [-0.05, 0) is 67.7 Å². The molecule has 0 aromatic carbocycles. The van der Waals surface area contributed by atoms with E-state index in [1.54, 1.807) is 11.3 Å². The first kappa shape index (κ1) is 18.7. The highest BCUT2D eigenvalue weighted by Crippen LogP contribution is 2.18. The lowest BCUT2D eigenvalue weighted by Crippen LogP contribution is -2.38. The molecule has 21 heavy (non-hydrogen) atoms. The normalized spacial score (nSPS) is 17.3. The van der Waals surface area contributed by atoms with Crippen molar-refractivity contribution in [1.82, 2.24) is 15.5 Å². The highest BCUT2D eigenvalue weighted by Gasteiger charge is 2.16. The predicted molar refractivity (Wildman–Crippen MR) is 103 cm³/mol. The number of thiophene rings is 1. The van der Waals surface area contributed by atoms with E-state index < -0.39 is 0 Å². The van der Waals surface area contributed by atoms with Gasteiger partial charge in [-0.3, -0.25) is 4.99 Å². The molecule has 1 aromatic heterocycles. The number of piperidine rings is 1. The monoisotopic (exact) mass is 422 g/mol. The van der Waals surface area contributed by atoms with Gasteiger partial charge < -0.3 is 15.5 Å². The highest BCUT2D eigenvalue weighted by atomic mass is 127. The highest BCUT2D eigenvalue weighted by molar-refractivity contribution is 14.0. The Morgan fingerprint density at radius 2 is 2.14 bits per heavy atom. The second kappa shape index (κ2) is 10.4. The van der Waals surface area contributed by atoms with Crippen molar-refractivity contribution in [2.45, 2.75) is 25.8 Å². The first-order valence-corrected chi connectivity index (χ1v) is 8.36. The average molecular weight is 422 g/mol. The fourth-order valence-corrected chi connectivity index (χ4v) is 3.21. The van der Waals surface area contributed by atoms with E-state index in [-0.39, 0.29) is 24.0 Å². The Morgan fingerprint density at radius 1 is 1.38 bits per heavy atom. The van der Waals surface area contributed by atoms with Crippen LogP contribution >= 0.6 is 35.3 Å². The Bertz CT molecular complexity index is 400. The van der Waals surface area contributed by atoms with Crippen LogP contribution in [0, 0.1) is 5.92 Å². The molecule has 0 atom stereocenters. The number of nitrogens with one attached hydrogen (secondary N) is 2. The van der Waals surface area contributed by atoms with Crippen LogP contribution in [0.4, 0.5) is 0 Å². The summed E-state index contributed by atoms with van der Waals surface area (Å²) in [4.78, 5) is 6.69. The van der Waals surface area contributed by atoms with Crippen molar-refractivity contribution in [3.63, 3.8) is 0 Å². The summed E-state index contributed by atoms with van der Waals surface area (Å²) in [6, 6.07) is 2.14. The standard InChI is InChI=1S/C15H26N4S.HI/c1-16-15(18-11-14-6-10-20-12-14)17-7-3-13-4-8-19(2)9-5-13;/h6,10,12-13H,3-5,7-9,11H2,1-2H3,(H2,16,17,18);1H. The van der Waals surface area contributed by atoms with E-state index in [0.29, 0.717) is 0 Å². The number of rotatable bonds is 5. The van der Waals surface area contributed by atoms with Gasteiger partial charge in [0.05, 0.1) is 0 Å². The third-order valence-corrected chi connectivity index (χ3v) is 4.68. The molecule has 1 aliphatic rings. The van der Waals surface area contributed by atoms with Crippen molar-refractivity contribution in [3.05, 3.63) is 22.4 Å². The second-order valence-corrected chi connectivity index (χ2v) is 6.30. The van der Waals surface area contributed by atoms with Gasteiger partial charge in [0.2, 0.25) is 0 Å². The van der Waals surface area contributed by atoms with Crippen molar-refractivity contribution in [2.24, 2.45) is 10.9 Å². The molecule has 1 aliphatic heterocycles. The molecule has 1 fully saturated rings. The Kier molecular flexibility index (Phi) is 9.26. The first-order valence-electron chi connectivity index (χ1n) is 7.42. The molecule has 6 heteroatoms. The van der Waals surface area contributed by atoms with Crippen molar-refractivity contribution in [3.8, 4) is 0 Å². The molecule has 0 unspecified atom stereocenters. The molecule has 1 saturated heterocycles. The van der Waals surface area contributed by atoms with Gasteiger partial charge in [0.15, 0.2) is 5.96 Å². The number of likely N-dealkylation sites (tertiary alicyclic amines) is 1. The van der Waals surface area contributed by atoms with Crippen molar-refractivity contribution < 1.29 is 0 Å². The molecule has 2 N–H and O–H groups in total. The topological polar surface area (TPSA) is 39.7 Å². The van der Waals surface area contributed by atoms with Gasteiger partial charge >= 0.3 is 0 Å². The molecule has 0 amide bonds. The van der Waals surface area contributed by atoms with E-state index in [2.05, 4.69) is 44.4 Å². The second-order valence-electron chi connectivity index (χ2n) is 5.52. The quantitative estimate of drug-likeness (QED) is 0.436. The maximum Gasteiger partial charge on any atom is 0.191 e. The van der Waals surface area contributed by atoms with Crippen LogP contribution in [-0.4, -0.2) is 44.6 Å². The third kappa shape index (κ3) is 6.97. The Hall–Kier alpha value is -0.340. The summed E-state index contributed by atoms with van der Waals surface area (Å²) < 4.78 is 0. The zero-order chi connectivity index (χ0) is 14.2. The van der Waals surface area contributed by atoms with Crippen LogP contribution in [0.5, 0.6) is 0 Å². The summed E-state index contributed by atoms with van der Waals surface area (Å²) in [6.45, 7) is 4.35. The van der Waals surface area contributed by atoms with Crippen LogP contribution in [0.2, 0.25) is 0 Å². The van der Waals surface area contributed by atoms with Gasteiger partial charge in [0, 0.05) is 20.1 Å². The first-order chi connectivity index (χ1) is 9.78. The predicted octanol–water partition coefficient (Wildman–Crippen LogP) is 2.76. The minimum atomic E-state index is 0. The number of hydrogen-bond donors (Lipinski definition) is 2. The van der Waals surface area contributed by atoms with Gasteiger partial charge in [-0.15, -0.1) is 24.0 Å². The lowest BCUT2D eigenvalue weighted by Gasteiger charge is -2.29. The number of halogens is 1. The summed E-state index contributed by atoms with van der Waals surface area (Å²) in [7, 11) is 4.04. The molecule has 2 heterocycles. The molecule has 1 aromatic rings. The summed E-state index contributed by atoms with van der Waals surface area (Å²) in [5.41, 5.74) is 1.31. The van der Waals surface area contributed by atoms with E-state index in [4.69, 9.17) is 0 Å². The molecule has 0 spiro atoms. The Balaban J connectivity index is 0.00000220. The van der Waals surface area contributed by atoms with Crippen LogP contribution in [0.25, 0.3) is 0 Å². The maximum absolute atomic E-state index is 4.27. The van der Waals surface area contributed by atoms with Crippen LogP contribution in [-0.2, 0) is 6.54 Å². The minimum absolute atomic E-state index is 0. The Labute approximate surface area is 149 Å². The summed E-state index contributed by atoms with van der Waals surface area (Å²) in [5.74, 6) is 1.78. The van der Waals surface area contributed by atoms with Crippen molar-refractivity contribution in [2.75, 3.05) is 33.7 Å². The van der Waals surface area contributed by atoms with E-state index >= 15 is 0 Å². The summed E-state index contributed by atoms with van der Waals surface area (Å²) >= 11 is 1.73. The van der Waals surface area contributed by atoms with Gasteiger partial charge in [0.25, 0.3) is 0 Å². The van der Waals surface area contributed by atoms with E-state index in [1.165, 1.54) is 37.9 Å². The van der Waals surface area contributed by atoms with E-state index in [0.717, 1.165) is 25.0 Å². The lowest BCUT2D eigenvalue weighted by atomic mass is 9.94. The molecule has 0 aliphatic carbocycles. The zero-order valence-electron chi connectivity index (χ0n) is 13.0. The molecule has 0 saturated carbocycles. The number of aliphatic imine (C=N–C) groups is 1. The van der Waals surface area contributed by atoms with Gasteiger partial charge in [0.1, 0.15) is 0 Å². The molecule has 4 nitrogen and oxygen atoms in total. The number of nitrogens with zero attached hydrogens (tertiary/aromatic N) is 2. The van der Waals surface area contributed by atoms with Crippen LogP contribution in [0.1, 0.15) is 24.8 Å². The zero-order valence-corrected chi connectivity index (χ0v) is 16.1. The SMILES string of the molecule is CN=C(NCCC1CCN(C)CC1)NCc1ccsc1.I. The molecular weight excluding hydrogens is 395 g/mol. The van der Waals surface area contributed by atoms with Crippen molar-refractivity contribution >= 4 is 41.3 Å². The van der Waals surface area contributed by atoms with Gasteiger partial charge in [-0.1, -0.05) is 0 Å². The average Bonchev–Trinajstić information content (AvgIpc) is 2.98. The minimum Gasteiger partial charge on any atom is -0.356 e. The van der Waals surface area contributed by atoms with Crippen LogP contribution in [0.15, 0.2) is 21.8 Å². The molecule has 2 rings (SSSR count). The van der Waals surface area contributed by atoms with Crippen LogP contribution in [0.3, 0.4) is 0 Å². The Morgan fingerprint density at radius 3 is 2.76 bits per heavy atom. The number of hydrogen-bond acceptors (Lipinski definition) is 3. The van der Waals surface area contributed by atoms with Gasteiger partial charge in [-0.2, -0.15) is 11.3 Å². The number of guanidine groups is 1. The van der Waals surface area contributed by atoms with E-state index in [1.807, 2.05) is 7.05 Å².